The van der Waals surface area contributed by atoms with E-state index in [0.29, 0.717) is 17.3 Å². The zero-order valence-corrected chi connectivity index (χ0v) is 14.0. The predicted octanol–water partition coefficient (Wildman–Crippen LogP) is 4.70. The van der Waals surface area contributed by atoms with Crippen molar-refractivity contribution in [3.63, 3.8) is 0 Å². The van der Waals surface area contributed by atoms with Gasteiger partial charge in [0, 0.05) is 6.07 Å². The zero-order chi connectivity index (χ0) is 18.7. The molecule has 1 heterocycles. The number of ether oxygens (including phenoxy) is 1. The second kappa shape index (κ2) is 7.30. The van der Waals surface area contributed by atoms with Crippen LogP contribution in [-0.4, -0.2) is 17.1 Å². The first-order valence-corrected chi connectivity index (χ1v) is 7.62. The van der Waals surface area contributed by atoms with Gasteiger partial charge in [0.2, 0.25) is 0 Å². The minimum Gasteiger partial charge on any atom is -0.495 e. The van der Waals surface area contributed by atoms with Crippen LogP contribution in [0, 0.1) is 24.4 Å². The van der Waals surface area contributed by atoms with Crippen molar-refractivity contribution in [1.82, 2.24) is 9.97 Å². The molecule has 0 spiro atoms. The van der Waals surface area contributed by atoms with E-state index >= 15 is 0 Å². The summed E-state index contributed by atoms with van der Waals surface area (Å²) in [5, 5.41) is 5.68. The van der Waals surface area contributed by atoms with Gasteiger partial charge in [-0.1, -0.05) is 6.07 Å². The summed E-state index contributed by atoms with van der Waals surface area (Å²) in [6.07, 6.45) is 1.25. The van der Waals surface area contributed by atoms with Crippen molar-refractivity contribution in [2.24, 2.45) is 0 Å². The Bertz CT molecular complexity index is 950. The fraction of sp³-hybridized carbons (Fsp3) is 0.111. The van der Waals surface area contributed by atoms with Crippen molar-refractivity contribution < 1.29 is 17.9 Å². The van der Waals surface area contributed by atoms with E-state index in [0.717, 1.165) is 17.7 Å². The van der Waals surface area contributed by atoms with Crippen LogP contribution in [0.25, 0.3) is 0 Å². The Balaban J connectivity index is 1.85. The van der Waals surface area contributed by atoms with E-state index in [-0.39, 0.29) is 11.5 Å². The molecule has 8 heteroatoms. The second-order valence-corrected chi connectivity index (χ2v) is 5.47. The highest BCUT2D eigenvalue weighted by Gasteiger charge is 2.14. The molecule has 134 valence electrons. The van der Waals surface area contributed by atoms with Crippen LogP contribution in [0.1, 0.15) is 5.56 Å². The summed E-state index contributed by atoms with van der Waals surface area (Å²) >= 11 is 0. The number of anilines is 4. The maximum atomic E-state index is 13.8. The SMILES string of the molecule is COc1ccc(C)cc1Nc1cc(Nc2ccc(F)c(F)c2F)ncn1. The smallest absolute Gasteiger partial charge is 0.196 e. The van der Waals surface area contributed by atoms with Gasteiger partial charge in [0.15, 0.2) is 17.5 Å². The summed E-state index contributed by atoms with van der Waals surface area (Å²) in [5.41, 5.74) is 1.47. The number of methoxy groups -OCH3 is 1. The molecule has 3 aromatic rings. The molecular weight excluding hydrogens is 345 g/mol. The predicted molar refractivity (Wildman–Crippen MR) is 92.6 cm³/mol. The number of nitrogens with one attached hydrogen (secondary N) is 2. The molecule has 0 aliphatic heterocycles. The molecule has 0 aliphatic carbocycles. The quantitative estimate of drug-likeness (QED) is 0.646. The number of aromatic nitrogens is 2. The molecule has 1 aromatic heterocycles. The summed E-state index contributed by atoms with van der Waals surface area (Å²) in [6.45, 7) is 1.93. The van der Waals surface area contributed by atoms with Crippen LogP contribution in [-0.2, 0) is 0 Å². The van der Waals surface area contributed by atoms with Crippen molar-refractivity contribution in [3.05, 3.63) is 65.7 Å². The molecule has 0 atom stereocenters. The lowest BCUT2D eigenvalue weighted by molar-refractivity contribution is 0.416. The third-order valence-corrected chi connectivity index (χ3v) is 3.58. The van der Waals surface area contributed by atoms with Crippen molar-refractivity contribution in [1.29, 1.82) is 0 Å². The normalized spacial score (nSPS) is 10.5. The average molecular weight is 360 g/mol. The minimum absolute atomic E-state index is 0.207. The first kappa shape index (κ1) is 17.5. The monoisotopic (exact) mass is 360 g/mol. The summed E-state index contributed by atoms with van der Waals surface area (Å²) in [5.74, 6) is -2.89. The van der Waals surface area contributed by atoms with E-state index in [1.807, 2.05) is 25.1 Å². The van der Waals surface area contributed by atoms with Crippen LogP contribution in [0.2, 0.25) is 0 Å². The van der Waals surface area contributed by atoms with Gasteiger partial charge in [-0.25, -0.2) is 23.1 Å². The van der Waals surface area contributed by atoms with Crippen LogP contribution in [0.4, 0.5) is 36.2 Å². The molecular formula is C18H15F3N4O. The van der Waals surface area contributed by atoms with Crippen LogP contribution in [0.15, 0.2) is 42.7 Å². The molecule has 0 fully saturated rings. The standard InChI is InChI=1S/C18H15F3N4O/c1-10-3-6-14(26-2)13(7-10)25-16-8-15(22-9-23-16)24-12-5-4-11(19)17(20)18(12)21/h3-9H,1-2H3,(H2,22,23,24,25). The largest absolute Gasteiger partial charge is 0.495 e. The zero-order valence-electron chi connectivity index (χ0n) is 14.0. The van der Waals surface area contributed by atoms with Crippen LogP contribution in [0.5, 0.6) is 5.75 Å². The third kappa shape index (κ3) is 3.69. The highest BCUT2D eigenvalue weighted by Crippen LogP contribution is 2.29. The first-order chi connectivity index (χ1) is 12.5. The third-order valence-electron chi connectivity index (χ3n) is 3.58. The molecule has 0 bridgehead atoms. The van der Waals surface area contributed by atoms with Gasteiger partial charge in [-0.3, -0.25) is 0 Å². The van der Waals surface area contributed by atoms with Crippen molar-refractivity contribution in [3.8, 4) is 5.75 Å². The maximum Gasteiger partial charge on any atom is 0.196 e. The Labute approximate surface area is 147 Å². The average Bonchev–Trinajstić information content (AvgIpc) is 2.63. The van der Waals surface area contributed by atoms with E-state index in [1.165, 1.54) is 12.4 Å². The van der Waals surface area contributed by atoms with Gasteiger partial charge >= 0.3 is 0 Å². The summed E-state index contributed by atoms with van der Waals surface area (Å²) in [6, 6.07) is 9.02. The second-order valence-electron chi connectivity index (χ2n) is 5.47. The molecule has 0 unspecified atom stereocenters. The number of hydrogen-bond acceptors (Lipinski definition) is 5. The maximum absolute atomic E-state index is 13.8. The number of nitrogens with zero attached hydrogens (tertiary/aromatic N) is 2. The van der Waals surface area contributed by atoms with Gasteiger partial charge in [-0.05, 0) is 36.8 Å². The Morgan fingerprint density at radius 2 is 1.54 bits per heavy atom. The van der Waals surface area contributed by atoms with Crippen LogP contribution >= 0.6 is 0 Å². The molecule has 0 saturated carbocycles. The molecule has 0 saturated heterocycles. The number of aryl methyl sites for hydroxylation is 1. The molecule has 5 nitrogen and oxygen atoms in total. The lowest BCUT2D eigenvalue weighted by atomic mass is 10.2. The Morgan fingerprint density at radius 1 is 0.846 bits per heavy atom. The summed E-state index contributed by atoms with van der Waals surface area (Å²) in [4.78, 5) is 8.04. The van der Waals surface area contributed by atoms with E-state index in [2.05, 4.69) is 20.6 Å². The van der Waals surface area contributed by atoms with Crippen molar-refractivity contribution in [2.45, 2.75) is 6.92 Å². The fourth-order valence-corrected chi connectivity index (χ4v) is 2.31. The fourth-order valence-electron chi connectivity index (χ4n) is 2.31. The van der Waals surface area contributed by atoms with Gasteiger partial charge < -0.3 is 15.4 Å². The van der Waals surface area contributed by atoms with Gasteiger partial charge in [-0.15, -0.1) is 0 Å². The molecule has 0 amide bonds. The number of halogens is 3. The number of benzene rings is 2. The Morgan fingerprint density at radius 3 is 2.23 bits per heavy atom. The molecule has 2 aromatic carbocycles. The van der Waals surface area contributed by atoms with E-state index < -0.39 is 17.5 Å². The minimum atomic E-state index is -1.55. The van der Waals surface area contributed by atoms with Gasteiger partial charge in [0.1, 0.15) is 23.7 Å². The van der Waals surface area contributed by atoms with Crippen molar-refractivity contribution in [2.75, 3.05) is 17.7 Å². The van der Waals surface area contributed by atoms with E-state index in [1.54, 1.807) is 7.11 Å². The number of hydrogen-bond donors (Lipinski definition) is 2. The highest BCUT2D eigenvalue weighted by atomic mass is 19.2. The summed E-state index contributed by atoms with van der Waals surface area (Å²) in [7, 11) is 1.55. The van der Waals surface area contributed by atoms with Gasteiger partial charge in [-0.2, -0.15) is 0 Å². The molecule has 0 aliphatic rings. The lowest BCUT2D eigenvalue weighted by Gasteiger charge is -2.12. The van der Waals surface area contributed by atoms with E-state index in [4.69, 9.17) is 4.74 Å². The molecule has 2 N–H and O–H groups in total. The van der Waals surface area contributed by atoms with E-state index in [9.17, 15) is 13.2 Å². The Kier molecular flexibility index (Phi) is 4.92. The summed E-state index contributed by atoms with van der Waals surface area (Å²) < 4.78 is 45.4. The van der Waals surface area contributed by atoms with Gasteiger partial charge in [0.25, 0.3) is 0 Å². The number of rotatable bonds is 5. The highest BCUT2D eigenvalue weighted by molar-refractivity contribution is 5.67. The molecule has 3 rings (SSSR count). The van der Waals surface area contributed by atoms with Gasteiger partial charge in [0.05, 0.1) is 18.5 Å². The van der Waals surface area contributed by atoms with Crippen LogP contribution in [0.3, 0.4) is 0 Å². The first-order valence-electron chi connectivity index (χ1n) is 7.62. The van der Waals surface area contributed by atoms with Crippen molar-refractivity contribution >= 4 is 23.0 Å². The Hall–Kier alpha value is -3.29. The molecule has 26 heavy (non-hydrogen) atoms. The molecule has 0 radical (unpaired) electrons. The topological polar surface area (TPSA) is 59.1 Å². The van der Waals surface area contributed by atoms with Crippen LogP contribution < -0.4 is 15.4 Å². The lowest BCUT2D eigenvalue weighted by Crippen LogP contribution is -2.02.